The highest BCUT2D eigenvalue weighted by Crippen LogP contribution is 2.27. The van der Waals surface area contributed by atoms with Gasteiger partial charge >= 0.3 is 0 Å². The minimum Gasteiger partial charge on any atom is -0.488 e. The Morgan fingerprint density at radius 2 is 1.96 bits per heavy atom. The van der Waals surface area contributed by atoms with Gasteiger partial charge in [-0.05, 0) is 43.5 Å². The van der Waals surface area contributed by atoms with Gasteiger partial charge in [0, 0.05) is 13.2 Å². The maximum atomic E-state index is 12.5. The molecular weight excluding hydrogens is 332 g/mol. The van der Waals surface area contributed by atoms with Crippen LogP contribution >= 0.6 is 0 Å². The van der Waals surface area contributed by atoms with Gasteiger partial charge in [-0.15, -0.1) is 0 Å². The lowest BCUT2D eigenvalue weighted by Gasteiger charge is -2.39. The SMILES string of the molecule is CN(C(=O)COc1cccnc1)[C@@H]1CCC[C@H](Oc2ccccc2)[C@H]1O. The Morgan fingerprint density at radius 1 is 1.19 bits per heavy atom. The number of carbonyl (C=O) groups excluding carboxylic acids is 1. The number of aliphatic hydroxyl groups excluding tert-OH is 1. The molecule has 1 amide bonds. The lowest BCUT2D eigenvalue weighted by Crippen LogP contribution is -2.54. The summed E-state index contributed by atoms with van der Waals surface area (Å²) >= 11 is 0. The van der Waals surface area contributed by atoms with Gasteiger partial charge in [0.15, 0.2) is 6.61 Å². The predicted molar refractivity (Wildman–Crippen MR) is 97.0 cm³/mol. The molecule has 1 saturated carbocycles. The van der Waals surface area contributed by atoms with Crippen LogP contribution in [0.4, 0.5) is 0 Å². The third-order valence-electron chi connectivity index (χ3n) is 4.68. The van der Waals surface area contributed by atoms with Gasteiger partial charge in [-0.1, -0.05) is 18.2 Å². The summed E-state index contributed by atoms with van der Waals surface area (Å²) in [5.41, 5.74) is 0. The van der Waals surface area contributed by atoms with Crippen LogP contribution in [0.1, 0.15) is 19.3 Å². The number of aromatic nitrogens is 1. The summed E-state index contributed by atoms with van der Waals surface area (Å²) in [6, 6.07) is 12.7. The molecule has 0 saturated heterocycles. The molecular formula is C20H24N2O4. The topological polar surface area (TPSA) is 71.9 Å². The van der Waals surface area contributed by atoms with Crippen molar-refractivity contribution >= 4 is 5.91 Å². The van der Waals surface area contributed by atoms with E-state index in [0.29, 0.717) is 5.75 Å². The van der Waals surface area contributed by atoms with Crippen LogP contribution in [0, 0.1) is 0 Å². The van der Waals surface area contributed by atoms with Gasteiger partial charge in [-0.3, -0.25) is 9.78 Å². The summed E-state index contributed by atoms with van der Waals surface area (Å²) in [5, 5.41) is 10.7. The summed E-state index contributed by atoms with van der Waals surface area (Å²) in [7, 11) is 1.70. The summed E-state index contributed by atoms with van der Waals surface area (Å²) in [4.78, 5) is 18.0. The molecule has 6 nitrogen and oxygen atoms in total. The molecule has 0 radical (unpaired) electrons. The van der Waals surface area contributed by atoms with Gasteiger partial charge in [0.25, 0.3) is 5.91 Å². The molecule has 1 aromatic carbocycles. The fourth-order valence-electron chi connectivity index (χ4n) is 3.21. The third kappa shape index (κ3) is 4.52. The van der Waals surface area contributed by atoms with E-state index >= 15 is 0 Å². The molecule has 3 atom stereocenters. The maximum Gasteiger partial charge on any atom is 0.260 e. The van der Waals surface area contributed by atoms with E-state index in [1.165, 1.54) is 0 Å². The maximum absolute atomic E-state index is 12.5. The predicted octanol–water partition coefficient (Wildman–Crippen LogP) is 2.28. The van der Waals surface area contributed by atoms with Crippen LogP contribution in [-0.4, -0.2) is 52.8 Å². The highest BCUT2D eigenvalue weighted by atomic mass is 16.5. The van der Waals surface area contributed by atoms with Crippen LogP contribution in [0.5, 0.6) is 11.5 Å². The number of ether oxygens (including phenoxy) is 2. The Kier molecular flexibility index (Phi) is 6.07. The largest absolute Gasteiger partial charge is 0.488 e. The van der Waals surface area contributed by atoms with Crippen LogP contribution in [0.25, 0.3) is 0 Å². The van der Waals surface area contributed by atoms with Gasteiger partial charge in [-0.25, -0.2) is 0 Å². The summed E-state index contributed by atoms with van der Waals surface area (Å²) in [6.45, 7) is -0.0877. The zero-order valence-electron chi connectivity index (χ0n) is 14.8. The number of likely N-dealkylation sites (N-methyl/N-ethyl adjacent to an activating group) is 1. The molecule has 1 aliphatic carbocycles. The van der Waals surface area contributed by atoms with E-state index < -0.39 is 6.10 Å². The number of nitrogens with zero attached hydrogens (tertiary/aromatic N) is 2. The first kappa shape index (κ1) is 18.2. The average Bonchev–Trinajstić information content (AvgIpc) is 2.69. The van der Waals surface area contributed by atoms with Gasteiger partial charge in [0.1, 0.15) is 23.7 Å². The summed E-state index contributed by atoms with van der Waals surface area (Å²) in [5.74, 6) is 1.09. The van der Waals surface area contributed by atoms with E-state index in [9.17, 15) is 9.90 Å². The van der Waals surface area contributed by atoms with Gasteiger partial charge < -0.3 is 19.5 Å². The molecule has 1 fully saturated rings. The number of hydrogen-bond acceptors (Lipinski definition) is 5. The van der Waals surface area contributed by atoms with Crippen molar-refractivity contribution < 1.29 is 19.4 Å². The zero-order chi connectivity index (χ0) is 18.4. The standard InChI is InChI=1S/C20H24N2O4/c1-22(19(23)14-25-16-9-6-12-21-13-16)17-10-5-11-18(20(17)24)26-15-7-3-2-4-8-15/h2-4,6-9,12-13,17-18,20,24H,5,10-11,14H2,1H3/t17-,18+,20+/m1/s1. The molecule has 0 aliphatic heterocycles. The number of aliphatic hydroxyl groups is 1. The smallest absolute Gasteiger partial charge is 0.260 e. The lowest BCUT2D eigenvalue weighted by atomic mass is 9.89. The van der Waals surface area contributed by atoms with Crippen molar-refractivity contribution in [2.24, 2.45) is 0 Å². The minimum absolute atomic E-state index is 0.0877. The first-order valence-corrected chi connectivity index (χ1v) is 8.83. The molecule has 1 heterocycles. The quantitative estimate of drug-likeness (QED) is 0.860. The fourth-order valence-corrected chi connectivity index (χ4v) is 3.21. The van der Waals surface area contributed by atoms with E-state index in [1.54, 1.807) is 36.5 Å². The molecule has 3 rings (SSSR count). The molecule has 138 valence electrons. The van der Waals surface area contributed by atoms with Crippen molar-refractivity contribution in [2.45, 2.75) is 37.5 Å². The van der Waals surface area contributed by atoms with E-state index in [1.807, 2.05) is 30.3 Å². The van der Waals surface area contributed by atoms with E-state index in [2.05, 4.69) is 4.98 Å². The van der Waals surface area contributed by atoms with Crippen LogP contribution in [0.15, 0.2) is 54.9 Å². The highest BCUT2D eigenvalue weighted by molar-refractivity contribution is 5.77. The van der Waals surface area contributed by atoms with Crippen molar-refractivity contribution in [3.8, 4) is 11.5 Å². The Morgan fingerprint density at radius 3 is 2.69 bits per heavy atom. The van der Waals surface area contributed by atoms with E-state index in [0.717, 1.165) is 25.0 Å². The van der Waals surface area contributed by atoms with Crippen LogP contribution < -0.4 is 9.47 Å². The second-order valence-corrected chi connectivity index (χ2v) is 6.44. The molecule has 1 aromatic heterocycles. The number of pyridine rings is 1. The fraction of sp³-hybridized carbons (Fsp3) is 0.400. The zero-order valence-corrected chi connectivity index (χ0v) is 14.8. The Labute approximate surface area is 153 Å². The summed E-state index contributed by atoms with van der Waals surface area (Å²) < 4.78 is 11.4. The Bertz CT molecular complexity index is 695. The lowest BCUT2D eigenvalue weighted by molar-refractivity contribution is -0.140. The first-order valence-electron chi connectivity index (χ1n) is 8.83. The van der Waals surface area contributed by atoms with Crippen LogP contribution in [0.3, 0.4) is 0 Å². The molecule has 6 heteroatoms. The number of para-hydroxylation sites is 1. The number of carbonyl (C=O) groups is 1. The first-order chi connectivity index (χ1) is 12.6. The normalized spacial score (nSPS) is 22.5. The van der Waals surface area contributed by atoms with E-state index in [-0.39, 0.29) is 24.7 Å². The van der Waals surface area contributed by atoms with Crippen molar-refractivity contribution in [3.63, 3.8) is 0 Å². The minimum atomic E-state index is -0.740. The molecule has 0 unspecified atom stereocenters. The summed E-state index contributed by atoms with van der Waals surface area (Å²) in [6.07, 6.45) is 4.53. The van der Waals surface area contributed by atoms with Crippen molar-refractivity contribution in [1.29, 1.82) is 0 Å². The van der Waals surface area contributed by atoms with E-state index in [4.69, 9.17) is 9.47 Å². The monoisotopic (exact) mass is 356 g/mol. The average molecular weight is 356 g/mol. The highest BCUT2D eigenvalue weighted by Gasteiger charge is 2.37. The molecule has 26 heavy (non-hydrogen) atoms. The molecule has 0 bridgehead atoms. The Hall–Kier alpha value is -2.60. The van der Waals surface area contributed by atoms with Crippen molar-refractivity contribution in [2.75, 3.05) is 13.7 Å². The van der Waals surface area contributed by atoms with Gasteiger partial charge in [-0.2, -0.15) is 0 Å². The number of rotatable bonds is 6. The second-order valence-electron chi connectivity index (χ2n) is 6.44. The second kappa shape index (κ2) is 8.67. The third-order valence-corrected chi connectivity index (χ3v) is 4.68. The molecule has 1 N–H and O–H groups in total. The number of amides is 1. The molecule has 1 aliphatic rings. The van der Waals surface area contributed by atoms with Gasteiger partial charge in [0.05, 0.1) is 12.2 Å². The number of hydrogen-bond donors (Lipinski definition) is 1. The van der Waals surface area contributed by atoms with Gasteiger partial charge in [0.2, 0.25) is 0 Å². The molecule has 2 aromatic rings. The van der Waals surface area contributed by atoms with Crippen molar-refractivity contribution in [3.05, 3.63) is 54.9 Å². The number of benzene rings is 1. The molecule has 0 spiro atoms. The van der Waals surface area contributed by atoms with Crippen LogP contribution in [0.2, 0.25) is 0 Å². The Balaban J connectivity index is 1.57. The van der Waals surface area contributed by atoms with Crippen molar-refractivity contribution in [1.82, 2.24) is 9.88 Å². The van der Waals surface area contributed by atoms with Crippen LogP contribution in [-0.2, 0) is 4.79 Å².